The summed E-state index contributed by atoms with van der Waals surface area (Å²) < 4.78 is 69.7. The van der Waals surface area contributed by atoms with Crippen LogP contribution in [0, 0.1) is 47.9 Å². The number of aryl methyl sites for hydroxylation is 1. The van der Waals surface area contributed by atoms with Crippen LogP contribution in [0.1, 0.15) is 16.7 Å². The molecule has 0 N–H and O–H groups in total. The molecule has 0 saturated carbocycles. The van der Waals surface area contributed by atoms with Crippen LogP contribution in [0.2, 0.25) is 0 Å². The minimum Gasteiger partial charge on any atom is -0.206 e. The SMILES string of the molecule is Cc1cc(F)c(C#Cc2ccc(-c3ccc4c(F)c(F)ccc4c3)c(F)c2)c(F)c1. The van der Waals surface area contributed by atoms with E-state index in [1.165, 1.54) is 42.5 Å². The van der Waals surface area contributed by atoms with Crippen LogP contribution in [0.4, 0.5) is 22.0 Å². The summed E-state index contributed by atoms with van der Waals surface area (Å²) in [5, 5.41) is 0.531. The van der Waals surface area contributed by atoms with Gasteiger partial charge in [-0.05, 0) is 59.8 Å². The van der Waals surface area contributed by atoms with E-state index in [0.29, 0.717) is 16.5 Å². The molecule has 0 heterocycles. The van der Waals surface area contributed by atoms with Gasteiger partial charge in [-0.2, -0.15) is 0 Å². The Morgan fingerprint density at radius 2 is 1.37 bits per heavy atom. The summed E-state index contributed by atoms with van der Waals surface area (Å²) in [5.41, 5.74) is 1.00. The maximum absolute atomic E-state index is 14.7. The van der Waals surface area contributed by atoms with Crippen molar-refractivity contribution in [1.82, 2.24) is 0 Å². The standard InChI is InChI=1S/C25H13F5/c1-14-10-22(27)20(23(28)11-14)7-3-15-2-6-18(24(29)12-15)16-4-8-19-17(13-16)5-9-21(26)25(19)30/h2,4-6,8-13H,1H3. The molecule has 0 aliphatic heterocycles. The van der Waals surface area contributed by atoms with Crippen LogP contribution in [0.3, 0.4) is 0 Å². The third-order valence-corrected chi connectivity index (χ3v) is 4.71. The zero-order valence-corrected chi connectivity index (χ0v) is 15.7. The molecule has 148 valence electrons. The Balaban J connectivity index is 1.70. The molecule has 4 aromatic carbocycles. The second kappa shape index (κ2) is 7.64. The predicted octanol–water partition coefficient (Wildman–Crippen LogP) is 6.91. The average molecular weight is 408 g/mol. The Morgan fingerprint density at radius 1 is 0.633 bits per heavy atom. The van der Waals surface area contributed by atoms with Crippen molar-refractivity contribution in [2.24, 2.45) is 0 Å². The first kappa shape index (κ1) is 19.7. The predicted molar refractivity (Wildman–Crippen MR) is 106 cm³/mol. The van der Waals surface area contributed by atoms with Crippen molar-refractivity contribution in [3.05, 3.63) is 106 Å². The molecule has 0 nitrogen and oxygen atoms in total. The number of halogens is 5. The monoisotopic (exact) mass is 408 g/mol. The fourth-order valence-electron chi connectivity index (χ4n) is 3.21. The highest BCUT2D eigenvalue weighted by Crippen LogP contribution is 2.29. The normalized spacial score (nSPS) is 10.7. The molecule has 0 aliphatic rings. The summed E-state index contributed by atoms with van der Waals surface area (Å²) in [6, 6.07) is 13.4. The van der Waals surface area contributed by atoms with Gasteiger partial charge in [-0.3, -0.25) is 0 Å². The number of fused-ring (bicyclic) bond motifs is 1. The molecule has 0 fully saturated rings. The molecule has 5 heteroatoms. The summed E-state index contributed by atoms with van der Waals surface area (Å²) in [5.74, 6) is 0.892. The Hall–Kier alpha value is -3.65. The van der Waals surface area contributed by atoms with E-state index in [9.17, 15) is 22.0 Å². The van der Waals surface area contributed by atoms with E-state index in [1.807, 2.05) is 0 Å². The fraction of sp³-hybridized carbons (Fsp3) is 0.0400. The van der Waals surface area contributed by atoms with Gasteiger partial charge in [-0.1, -0.05) is 36.1 Å². The number of hydrogen-bond acceptors (Lipinski definition) is 0. The lowest BCUT2D eigenvalue weighted by Gasteiger charge is -2.07. The Labute approximate surface area is 169 Å². The van der Waals surface area contributed by atoms with E-state index in [-0.39, 0.29) is 22.1 Å². The van der Waals surface area contributed by atoms with E-state index in [4.69, 9.17) is 0 Å². The molecule has 4 rings (SSSR count). The Morgan fingerprint density at radius 3 is 2.07 bits per heavy atom. The molecular formula is C25H13F5. The molecule has 0 aliphatic carbocycles. The maximum Gasteiger partial charge on any atom is 0.166 e. The second-order valence-corrected chi connectivity index (χ2v) is 6.85. The first-order chi connectivity index (χ1) is 14.3. The average Bonchev–Trinajstić information content (AvgIpc) is 2.70. The largest absolute Gasteiger partial charge is 0.206 e. The number of benzene rings is 4. The van der Waals surface area contributed by atoms with Crippen LogP contribution in [-0.2, 0) is 0 Å². The van der Waals surface area contributed by atoms with Gasteiger partial charge in [-0.15, -0.1) is 0 Å². The van der Waals surface area contributed by atoms with Gasteiger partial charge in [0.15, 0.2) is 11.6 Å². The van der Waals surface area contributed by atoms with Gasteiger partial charge in [-0.25, -0.2) is 22.0 Å². The molecule has 0 atom stereocenters. The van der Waals surface area contributed by atoms with Crippen LogP contribution in [0.25, 0.3) is 21.9 Å². The summed E-state index contributed by atoms with van der Waals surface area (Å²) in [7, 11) is 0. The molecule has 0 amide bonds. The Bertz CT molecular complexity index is 1340. The molecule has 0 saturated heterocycles. The topological polar surface area (TPSA) is 0 Å². The van der Waals surface area contributed by atoms with Crippen LogP contribution >= 0.6 is 0 Å². The summed E-state index contributed by atoms with van der Waals surface area (Å²) in [6.45, 7) is 1.56. The van der Waals surface area contributed by atoms with Crippen molar-refractivity contribution < 1.29 is 22.0 Å². The van der Waals surface area contributed by atoms with Crippen molar-refractivity contribution >= 4 is 10.8 Å². The number of rotatable bonds is 1. The molecular weight excluding hydrogens is 395 g/mol. The van der Waals surface area contributed by atoms with Crippen LogP contribution in [0.15, 0.2) is 60.7 Å². The van der Waals surface area contributed by atoms with E-state index >= 15 is 0 Å². The van der Waals surface area contributed by atoms with Crippen LogP contribution < -0.4 is 0 Å². The van der Waals surface area contributed by atoms with Gasteiger partial charge in [0.1, 0.15) is 17.5 Å². The van der Waals surface area contributed by atoms with Crippen LogP contribution in [-0.4, -0.2) is 0 Å². The van der Waals surface area contributed by atoms with Crippen LogP contribution in [0.5, 0.6) is 0 Å². The molecule has 0 spiro atoms. The van der Waals surface area contributed by atoms with Gasteiger partial charge < -0.3 is 0 Å². The molecule has 4 aromatic rings. The van der Waals surface area contributed by atoms with Crippen molar-refractivity contribution in [2.75, 3.05) is 0 Å². The fourth-order valence-corrected chi connectivity index (χ4v) is 3.21. The Kier molecular flexibility index (Phi) is 5.01. The van der Waals surface area contributed by atoms with Crippen molar-refractivity contribution in [3.8, 4) is 23.0 Å². The molecule has 0 aromatic heterocycles. The van der Waals surface area contributed by atoms with E-state index in [0.717, 1.165) is 12.1 Å². The zero-order chi connectivity index (χ0) is 21.4. The minimum absolute atomic E-state index is 0.101. The third kappa shape index (κ3) is 3.65. The second-order valence-electron chi connectivity index (χ2n) is 6.85. The number of hydrogen-bond donors (Lipinski definition) is 0. The van der Waals surface area contributed by atoms with E-state index in [1.54, 1.807) is 13.0 Å². The molecule has 30 heavy (non-hydrogen) atoms. The summed E-state index contributed by atoms with van der Waals surface area (Å²) in [4.78, 5) is 0. The highest BCUT2D eigenvalue weighted by atomic mass is 19.2. The first-order valence-electron chi connectivity index (χ1n) is 8.99. The molecule has 0 radical (unpaired) electrons. The van der Waals surface area contributed by atoms with E-state index < -0.39 is 29.1 Å². The quantitative estimate of drug-likeness (QED) is 0.237. The zero-order valence-electron chi connectivity index (χ0n) is 15.7. The van der Waals surface area contributed by atoms with Gasteiger partial charge in [0.2, 0.25) is 0 Å². The maximum atomic E-state index is 14.7. The summed E-state index contributed by atoms with van der Waals surface area (Å²) >= 11 is 0. The first-order valence-corrected chi connectivity index (χ1v) is 8.99. The smallest absolute Gasteiger partial charge is 0.166 e. The van der Waals surface area contributed by atoms with Crippen molar-refractivity contribution in [1.29, 1.82) is 0 Å². The highest BCUT2D eigenvalue weighted by Gasteiger charge is 2.11. The van der Waals surface area contributed by atoms with Gasteiger partial charge in [0.25, 0.3) is 0 Å². The van der Waals surface area contributed by atoms with Crippen molar-refractivity contribution in [3.63, 3.8) is 0 Å². The molecule has 0 unspecified atom stereocenters. The van der Waals surface area contributed by atoms with Gasteiger partial charge in [0, 0.05) is 16.5 Å². The lowest BCUT2D eigenvalue weighted by Crippen LogP contribution is -1.92. The van der Waals surface area contributed by atoms with E-state index in [2.05, 4.69) is 11.8 Å². The third-order valence-electron chi connectivity index (χ3n) is 4.71. The highest BCUT2D eigenvalue weighted by molar-refractivity contribution is 5.88. The molecule has 0 bridgehead atoms. The van der Waals surface area contributed by atoms with Crippen molar-refractivity contribution in [2.45, 2.75) is 6.92 Å². The summed E-state index contributed by atoms with van der Waals surface area (Å²) in [6.07, 6.45) is 0. The lowest BCUT2D eigenvalue weighted by atomic mass is 9.99. The van der Waals surface area contributed by atoms with Gasteiger partial charge >= 0.3 is 0 Å². The van der Waals surface area contributed by atoms with Gasteiger partial charge in [0.05, 0.1) is 5.56 Å². The minimum atomic E-state index is -0.958. The lowest BCUT2D eigenvalue weighted by molar-refractivity contribution is 0.517.